The Morgan fingerprint density at radius 2 is 1.86 bits per heavy atom. The third kappa shape index (κ3) is 3.28. The fourth-order valence-corrected chi connectivity index (χ4v) is 2.23. The van der Waals surface area contributed by atoms with Crippen molar-refractivity contribution in [3.63, 3.8) is 0 Å². The lowest BCUT2D eigenvalue weighted by Crippen LogP contribution is -2.14. The van der Waals surface area contributed by atoms with E-state index >= 15 is 0 Å². The molecule has 110 valence electrons. The lowest BCUT2D eigenvalue weighted by molar-refractivity contribution is 0.318. The normalized spacial score (nSPS) is 11.5. The van der Waals surface area contributed by atoms with Crippen LogP contribution in [0.25, 0.3) is 0 Å². The van der Waals surface area contributed by atoms with Crippen molar-refractivity contribution in [1.29, 1.82) is 0 Å². The van der Waals surface area contributed by atoms with Gasteiger partial charge >= 0.3 is 0 Å². The van der Waals surface area contributed by atoms with Gasteiger partial charge in [0.25, 0.3) is 0 Å². The molecule has 0 aliphatic heterocycles. The van der Waals surface area contributed by atoms with Gasteiger partial charge in [-0.1, -0.05) is 22.8 Å². The molecule has 21 heavy (non-hydrogen) atoms. The van der Waals surface area contributed by atoms with Gasteiger partial charge in [-0.25, -0.2) is 0 Å². The monoisotopic (exact) mass is 304 g/mol. The Hall–Kier alpha value is -2.20. The predicted octanol–water partition coefficient (Wildman–Crippen LogP) is 4.15. The zero-order valence-electron chi connectivity index (χ0n) is 12.1. The quantitative estimate of drug-likeness (QED) is 0.387. The molecule has 0 bridgehead atoms. The van der Waals surface area contributed by atoms with Crippen molar-refractivity contribution < 1.29 is 9.94 Å². The van der Waals surface area contributed by atoms with Crippen LogP contribution in [0.2, 0.25) is 5.02 Å². The van der Waals surface area contributed by atoms with E-state index in [0.29, 0.717) is 16.3 Å². The number of aryl methyl sites for hydroxylation is 2. The molecule has 5 heteroatoms. The minimum absolute atomic E-state index is 0.0244. The number of benzene rings is 2. The van der Waals surface area contributed by atoms with Crippen LogP contribution in [0, 0.1) is 20.8 Å². The van der Waals surface area contributed by atoms with E-state index in [1.54, 1.807) is 18.2 Å². The molecule has 0 saturated carbocycles. The first-order chi connectivity index (χ1) is 9.92. The molecule has 0 saturated heterocycles. The van der Waals surface area contributed by atoms with Gasteiger partial charge < -0.3 is 15.7 Å². The van der Waals surface area contributed by atoms with Crippen LogP contribution in [0.4, 0.5) is 0 Å². The van der Waals surface area contributed by atoms with Gasteiger partial charge in [0.15, 0.2) is 5.84 Å². The zero-order valence-corrected chi connectivity index (χ0v) is 12.9. The van der Waals surface area contributed by atoms with E-state index in [1.807, 2.05) is 26.8 Å². The Bertz CT molecular complexity index is 712. The lowest BCUT2D eigenvalue weighted by atomic mass is 10.1. The number of ether oxygens (including phenoxy) is 1. The maximum atomic E-state index is 8.87. The summed E-state index contributed by atoms with van der Waals surface area (Å²) in [6.07, 6.45) is 0. The van der Waals surface area contributed by atoms with Crippen LogP contribution in [0.5, 0.6) is 11.5 Å². The zero-order chi connectivity index (χ0) is 15.6. The highest BCUT2D eigenvalue weighted by atomic mass is 35.5. The minimum atomic E-state index is -0.0244. The molecule has 0 unspecified atom stereocenters. The van der Waals surface area contributed by atoms with Crippen molar-refractivity contribution in [1.82, 2.24) is 0 Å². The highest BCUT2D eigenvalue weighted by molar-refractivity contribution is 6.30. The summed E-state index contributed by atoms with van der Waals surface area (Å²) in [7, 11) is 0. The predicted molar refractivity (Wildman–Crippen MR) is 84.7 cm³/mol. The largest absolute Gasteiger partial charge is 0.456 e. The van der Waals surface area contributed by atoms with Crippen molar-refractivity contribution in [3.05, 3.63) is 57.6 Å². The topological polar surface area (TPSA) is 67.8 Å². The van der Waals surface area contributed by atoms with E-state index in [0.717, 1.165) is 22.4 Å². The average molecular weight is 305 g/mol. The Morgan fingerprint density at radius 3 is 2.52 bits per heavy atom. The minimum Gasteiger partial charge on any atom is -0.456 e. The molecular formula is C16H17ClN2O2. The van der Waals surface area contributed by atoms with Crippen molar-refractivity contribution in [2.45, 2.75) is 20.8 Å². The van der Waals surface area contributed by atoms with Gasteiger partial charge in [0.05, 0.1) is 5.56 Å². The van der Waals surface area contributed by atoms with Crippen molar-refractivity contribution in [2.24, 2.45) is 10.9 Å². The Balaban J connectivity index is 2.51. The molecule has 3 N–H and O–H groups in total. The van der Waals surface area contributed by atoms with Crippen molar-refractivity contribution in [3.8, 4) is 11.5 Å². The second kappa shape index (κ2) is 6.06. The van der Waals surface area contributed by atoms with E-state index in [4.69, 9.17) is 27.3 Å². The number of nitrogens with two attached hydrogens (primary N) is 1. The van der Waals surface area contributed by atoms with Crippen molar-refractivity contribution in [2.75, 3.05) is 0 Å². The van der Waals surface area contributed by atoms with Gasteiger partial charge in [0.2, 0.25) is 0 Å². The van der Waals surface area contributed by atoms with E-state index in [1.165, 1.54) is 0 Å². The van der Waals surface area contributed by atoms with Crippen molar-refractivity contribution >= 4 is 17.4 Å². The number of halogens is 1. The molecule has 0 fully saturated rings. The molecular weight excluding hydrogens is 288 g/mol. The van der Waals surface area contributed by atoms with Crippen LogP contribution in [0.3, 0.4) is 0 Å². The standard InChI is InChI=1S/C16H17ClN2O2/c1-9-6-10(2)11(3)14(7-9)21-15-8-12(17)4-5-13(15)16(18)19-20/h4-8,20H,1-3H3,(H2,18,19). The molecule has 0 amide bonds. The fourth-order valence-electron chi connectivity index (χ4n) is 2.07. The second-order valence-corrected chi connectivity index (χ2v) is 5.37. The Labute approximate surface area is 128 Å². The average Bonchev–Trinajstić information content (AvgIpc) is 2.43. The summed E-state index contributed by atoms with van der Waals surface area (Å²) in [6, 6.07) is 9.00. The van der Waals surface area contributed by atoms with Gasteiger partial charge in [-0.3, -0.25) is 0 Å². The molecule has 0 aliphatic carbocycles. The van der Waals surface area contributed by atoms with Gasteiger partial charge in [0.1, 0.15) is 11.5 Å². The first-order valence-electron chi connectivity index (χ1n) is 6.45. The Morgan fingerprint density at radius 1 is 1.14 bits per heavy atom. The number of hydrogen-bond donors (Lipinski definition) is 2. The molecule has 0 atom stereocenters. The van der Waals surface area contributed by atoms with Gasteiger partial charge in [0, 0.05) is 11.1 Å². The Kier molecular flexibility index (Phi) is 4.38. The van der Waals surface area contributed by atoms with E-state index in [9.17, 15) is 0 Å². The maximum Gasteiger partial charge on any atom is 0.173 e. The second-order valence-electron chi connectivity index (χ2n) is 4.93. The smallest absolute Gasteiger partial charge is 0.173 e. The first kappa shape index (κ1) is 15.2. The highest BCUT2D eigenvalue weighted by Gasteiger charge is 2.12. The molecule has 2 aromatic carbocycles. The van der Waals surface area contributed by atoms with Crippen LogP contribution >= 0.6 is 11.6 Å². The van der Waals surface area contributed by atoms with Gasteiger partial charge in [-0.2, -0.15) is 0 Å². The summed E-state index contributed by atoms with van der Waals surface area (Å²) in [6.45, 7) is 6.01. The summed E-state index contributed by atoms with van der Waals surface area (Å²) in [5.74, 6) is 1.15. The fraction of sp³-hybridized carbons (Fsp3) is 0.188. The van der Waals surface area contributed by atoms with Crippen LogP contribution < -0.4 is 10.5 Å². The third-order valence-corrected chi connectivity index (χ3v) is 3.55. The first-order valence-corrected chi connectivity index (χ1v) is 6.83. The molecule has 0 aliphatic rings. The van der Waals surface area contributed by atoms with Gasteiger partial charge in [-0.15, -0.1) is 0 Å². The summed E-state index contributed by atoms with van der Waals surface area (Å²) in [4.78, 5) is 0. The summed E-state index contributed by atoms with van der Waals surface area (Å²) in [5, 5.41) is 12.4. The van der Waals surface area contributed by atoms with Gasteiger partial charge in [-0.05, 0) is 55.7 Å². The lowest BCUT2D eigenvalue weighted by Gasteiger charge is -2.14. The van der Waals surface area contributed by atoms with E-state index in [-0.39, 0.29) is 5.84 Å². The number of nitrogens with zero attached hydrogens (tertiary/aromatic N) is 1. The summed E-state index contributed by atoms with van der Waals surface area (Å²) >= 11 is 6.01. The number of amidine groups is 1. The summed E-state index contributed by atoms with van der Waals surface area (Å²) in [5.41, 5.74) is 9.43. The molecule has 0 spiro atoms. The number of oxime groups is 1. The molecule has 0 aromatic heterocycles. The van der Waals surface area contributed by atoms with E-state index < -0.39 is 0 Å². The van der Waals surface area contributed by atoms with Crippen LogP contribution in [0.1, 0.15) is 22.3 Å². The van der Waals surface area contributed by atoms with E-state index in [2.05, 4.69) is 11.2 Å². The molecule has 2 rings (SSSR count). The van der Waals surface area contributed by atoms with Crippen LogP contribution in [0.15, 0.2) is 35.5 Å². The highest BCUT2D eigenvalue weighted by Crippen LogP contribution is 2.32. The van der Waals surface area contributed by atoms with Crippen LogP contribution in [-0.4, -0.2) is 11.0 Å². The number of hydrogen-bond acceptors (Lipinski definition) is 3. The molecule has 0 radical (unpaired) electrons. The molecule has 2 aromatic rings. The molecule has 4 nitrogen and oxygen atoms in total. The molecule has 0 heterocycles. The van der Waals surface area contributed by atoms with Crippen LogP contribution in [-0.2, 0) is 0 Å². The SMILES string of the molecule is Cc1cc(C)c(C)c(Oc2cc(Cl)ccc2C(N)=NO)c1. The summed E-state index contributed by atoms with van der Waals surface area (Å²) < 4.78 is 5.95. The maximum absolute atomic E-state index is 8.87. The number of rotatable bonds is 3. The third-order valence-electron chi connectivity index (χ3n) is 3.31.